The Hall–Kier alpha value is -2.20. The van der Waals surface area contributed by atoms with Crippen LogP contribution in [0.4, 0.5) is 4.79 Å². The Morgan fingerprint density at radius 2 is 1.72 bits per heavy atom. The standard InChI is InChI=1S/C20H22ClNO3/c1-20(2,3)25-19(23)22-11-10-14-4-7-18(12-15(14)13-22)24-17-8-5-16(21)6-9-17/h4-9,12H,10-11,13H2,1-3H3. The highest BCUT2D eigenvalue weighted by Crippen LogP contribution is 2.28. The Labute approximate surface area is 153 Å². The summed E-state index contributed by atoms with van der Waals surface area (Å²) in [4.78, 5) is 14.0. The molecule has 0 saturated heterocycles. The van der Waals surface area contributed by atoms with Gasteiger partial charge in [0.05, 0.1) is 0 Å². The first-order chi connectivity index (χ1) is 11.8. The van der Waals surface area contributed by atoms with Gasteiger partial charge in [-0.25, -0.2) is 4.79 Å². The average Bonchev–Trinajstić information content (AvgIpc) is 2.55. The molecule has 1 aliphatic heterocycles. The summed E-state index contributed by atoms with van der Waals surface area (Å²) in [7, 11) is 0. The van der Waals surface area contributed by atoms with Gasteiger partial charge in [-0.1, -0.05) is 17.7 Å². The molecule has 4 nitrogen and oxygen atoms in total. The summed E-state index contributed by atoms with van der Waals surface area (Å²) in [5.74, 6) is 1.47. The lowest BCUT2D eigenvalue weighted by molar-refractivity contribution is 0.0224. The van der Waals surface area contributed by atoms with Gasteiger partial charge in [0.1, 0.15) is 17.1 Å². The number of rotatable bonds is 2. The van der Waals surface area contributed by atoms with Crippen LogP contribution in [0.1, 0.15) is 31.9 Å². The number of amides is 1. The second-order valence-electron chi connectivity index (χ2n) is 7.14. The second kappa shape index (κ2) is 6.96. The molecule has 0 aliphatic carbocycles. The van der Waals surface area contributed by atoms with Crippen molar-refractivity contribution in [2.24, 2.45) is 0 Å². The highest BCUT2D eigenvalue weighted by molar-refractivity contribution is 6.30. The van der Waals surface area contributed by atoms with Crippen molar-refractivity contribution >= 4 is 17.7 Å². The van der Waals surface area contributed by atoms with Gasteiger partial charge in [0.25, 0.3) is 0 Å². The number of hydrogen-bond donors (Lipinski definition) is 0. The molecular weight excluding hydrogens is 338 g/mol. The van der Waals surface area contributed by atoms with E-state index in [1.807, 2.05) is 45.0 Å². The van der Waals surface area contributed by atoms with Crippen molar-refractivity contribution in [3.05, 3.63) is 58.6 Å². The fourth-order valence-electron chi connectivity index (χ4n) is 2.72. The number of halogens is 1. The first-order valence-corrected chi connectivity index (χ1v) is 8.71. The average molecular weight is 360 g/mol. The summed E-state index contributed by atoms with van der Waals surface area (Å²) < 4.78 is 11.4. The Morgan fingerprint density at radius 1 is 1.04 bits per heavy atom. The van der Waals surface area contributed by atoms with Crippen LogP contribution in [0.5, 0.6) is 11.5 Å². The van der Waals surface area contributed by atoms with Crippen LogP contribution in [0.3, 0.4) is 0 Å². The molecule has 1 heterocycles. The van der Waals surface area contributed by atoms with Gasteiger partial charge in [-0.2, -0.15) is 0 Å². The number of nitrogens with zero attached hydrogens (tertiary/aromatic N) is 1. The highest BCUT2D eigenvalue weighted by atomic mass is 35.5. The van der Waals surface area contributed by atoms with E-state index in [0.717, 1.165) is 23.5 Å². The van der Waals surface area contributed by atoms with Crippen LogP contribution in [0, 0.1) is 0 Å². The quantitative estimate of drug-likeness (QED) is 0.718. The third kappa shape index (κ3) is 4.67. The van der Waals surface area contributed by atoms with Crippen LogP contribution < -0.4 is 4.74 Å². The number of benzene rings is 2. The molecule has 0 unspecified atom stereocenters. The Balaban J connectivity index is 1.73. The summed E-state index contributed by atoms with van der Waals surface area (Å²) in [6.07, 6.45) is 0.540. The maximum atomic E-state index is 12.3. The lowest BCUT2D eigenvalue weighted by atomic mass is 10.00. The van der Waals surface area contributed by atoms with Gasteiger partial charge in [0, 0.05) is 18.1 Å². The maximum Gasteiger partial charge on any atom is 0.410 e. The summed E-state index contributed by atoms with van der Waals surface area (Å²) in [5.41, 5.74) is 1.84. The molecule has 132 valence electrons. The van der Waals surface area contributed by atoms with E-state index in [9.17, 15) is 4.79 Å². The smallest absolute Gasteiger partial charge is 0.410 e. The zero-order valence-electron chi connectivity index (χ0n) is 14.7. The number of hydrogen-bond acceptors (Lipinski definition) is 3. The van der Waals surface area contributed by atoms with Crippen LogP contribution >= 0.6 is 11.6 Å². The van der Waals surface area contributed by atoms with Gasteiger partial charge in [-0.3, -0.25) is 0 Å². The molecule has 25 heavy (non-hydrogen) atoms. The minimum Gasteiger partial charge on any atom is -0.457 e. The molecule has 0 fully saturated rings. The van der Waals surface area contributed by atoms with E-state index in [1.165, 1.54) is 5.56 Å². The number of carbonyl (C=O) groups is 1. The van der Waals surface area contributed by atoms with Gasteiger partial charge in [-0.05, 0) is 74.7 Å². The summed E-state index contributed by atoms with van der Waals surface area (Å²) in [6, 6.07) is 13.2. The molecule has 2 aromatic rings. The molecule has 0 atom stereocenters. The fraction of sp³-hybridized carbons (Fsp3) is 0.350. The van der Waals surface area contributed by atoms with Crippen molar-refractivity contribution in [1.82, 2.24) is 4.90 Å². The van der Waals surface area contributed by atoms with Gasteiger partial charge in [-0.15, -0.1) is 0 Å². The molecule has 0 saturated carbocycles. The lowest BCUT2D eigenvalue weighted by Gasteiger charge is -2.31. The van der Waals surface area contributed by atoms with Gasteiger partial charge in [0.2, 0.25) is 0 Å². The molecule has 0 aromatic heterocycles. The topological polar surface area (TPSA) is 38.8 Å². The van der Waals surface area contributed by atoms with Gasteiger partial charge < -0.3 is 14.4 Å². The first kappa shape index (κ1) is 17.6. The molecule has 1 aliphatic rings. The van der Waals surface area contributed by atoms with Crippen LogP contribution in [0.15, 0.2) is 42.5 Å². The zero-order chi connectivity index (χ0) is 18.0. The zero-order valence-corrected chi connectivity index (χ0v) is 15.5. The molecule has 0 radical (unpaired) electrons. The third-order valence-electron chi connectivity index (χ3n) is 3.89. The molecule has 3 rings (SSSR count). The minimum atomic E-state index is -0.489. The van der Waals surface area contributed by atoms with Gasteiger partial charge in [0.15, 0.2) is 0 Å². The Kier molecular flexibility index (Phi) is 4.91. The lowest BCUT2D eigenvalue weighted by Crippen LogP contribution is -2.39. The van der Waals surface area contributed by atoms with Gasteiger partial charge >= 0.3 is 6.09 Å². The van der Waals surface area contributed by atoms with Crippen LogP contribution in [0.2, 0.25) is 5.02 Å². The summed E-state index contributed by atoms with van der Waals surface area (Å²) in [6.45, 7) is 6.82. The minimum absolute atomic E-state index is 0.276. The number of fused-ring (bicyclic) bond motifs is 1. The SMILES string of the molecule is CC(C)(C)OC(=O)N1CCc2ccc(Oc3ccc(Cl)cc3)cc2C1. The largest absolute Gasteiger partial charge is 0.457 e. The summed E-state index contributed by atoms with van der Waals surface area (Å²) in [5, 5.41) is 0.672. The predicted molar refractivity (Wildman–Crippen MR) is 98.3 cm³/mol. The molecule has 0 bridgehead atoms. The van der Waals surface area contributed by atoms with Crippen molar-refractivity contribution in [3.8, 4) is 11.5 Å². The van der Waals surface area contributed by atoms with Crippen molar-refractivity contribution in [3.63, 3.8) is 0 Å². The van der Waals surface area contributed by atoms with E-state index in [2.05, 4.69) is 6.07 Å². The van der Waals surface area contributed by atoms with Crippen molar-refractivity contribution < 1.29 is 14.3 Å². The second-order valence-corrected chi connectivity index (χ2v) is 7.57. The molecule has 0 spiro atoms. The molecule has 0 N–H and O–H groups in total. The normalized spacial score (nSPS) is 14.0. The maximum absolute atomic E-state index is 12.3. The molecule has 2 aromatic carbocycles. The molecular formula is C20H22ClNO3. The number of ether oxygens (including phenoxy) is 2. The van der Waals surface area contributed by atoms with E-state index in [1.54, 1.807) is 17.0 Å². The third-order valence-corrected chi connectivity index (χ3v) is 4.14. The van der Waals surface area contributed by atoms with Crippen molar-refractivity contribution in [1.29, 1.82) is 0 Å². The van der Waals surface area contributed by atoms with E-state index in [-0.39, 0.29) is 6.09 Å². The van der Waals surface area contributed by atoms with Crippen molar-refractivity contribution in [2.45, 2.75) is 39.3 Å². The Bertz CT molecular complexity index is 766. The monoisotopic (exact) mass is 359 g/mol. The molecule has 1 amide bonds. The van der Waals surface area contributed by atoms with E-state index in [0.29, 0.717) is 18.1 Å². The van der Waals surface area contributed by atoms with E-state index in [4.69, 9.17) is 21.1 Å². The van der Waals surface area contributed by atoms with Crippen LogP contribution in [-0.4, -0.2) is 23.1 Å². The highest BCUT2D eigenvalue weighted by Gasteiger charge is 2.25. The summed E-state index contributed by atoms with van der Waals surface area (Å²) >= 11 is 5.90. The van der Waals surface area contributed by atoms with Crippen LogP contribution in [-0.2, 0) is 17.7 Å². The fourth-order valence-corrected chi connectivity index (χ4v) is 2.84. The van der Waals surface area contributed by atoms with E-state index < -0.39 is 5.60 Å². The predicted octanol–water partition coefficient (Wildman–Crippen LogP) is 5.43. The van der Waals surface area contributed by atoms with Crippen LogP contribution in [0.25, 0.3) is 0 Å². The Morgan fingerprint density at radius 3 is 2.40 bits per heavy atom. The number of carbonyl (C=O) groups excluding carboxylic acids is 1. The first-order valence-electron chi connectivity index (χ1n) is 8.33. The molecule has 5 heteroatoms. The van der Waals surface area contributed by atoms with Crippen molar-refractivity contribution in [2.75, 3.05) is 6.54 Å². The van der Waals surface area contributed by atoms with E-state index >= 15 is 0 Å².